The van der Waals surface area contributed by atoms with E-state index in [9.17, 15) is 4.79 Å². The Morgan fingerprint density at radius 2 is 2.21 bits per heavy atom. The first kappa shape index (κ1) is 14.4. The summed E-state index contributed by atoms with van der Waals surface area (Å²) in [4.78, 5) is 14.0. The maximum absolute atomic E-state index is 12.1. The Hall–Kier alpha value is -1.06. The van der Waals surface area contributed by atoms with Crippen LogP contribution < -0.4 is 5.73 Å². The van der Waals surface area contributed by atoms with Crippen molar-refractivity contribution < 1.29 is 4.79 Å². The van der Waals surface area contributed by atoms with Crippen molar-refractivity contribution in [3.63, 3.8) is 0 Å². The first-order chi connectivity index (χ1) is 9.04. The largest absolute Gasteiger partial charge is 0.334 e. The summed E-state index contributed by atoms with van der Waals surface area (Å²) in [5.74, 6) is 0.199. The maximum atomic E-state index is 12.1. The summed E-state index contributed by atoms with van der Waals surface area (Å²) in [6.07, 6.45) is 2.24. The Labute approximate surface area is 119 Å². The van der Waals surface area contributed by atoms with E-state index in [1.165, 1.54) is 0 Å². The van der Waals surface area contributed by atoms with Crippen LogP contribution in [0.3, 0.4) is 0 Å². The lowest BCUT2D eigenvalue weighted by Gasteiger charge is -2.40. The number of halogens is 1. The fraction of sp³-hybridized carbons (Fsp3) is 0.533. The smallest absolute Gasteiger partial charge is 0.223 e. The molecule has 1 heterocycles. The van der Waals surface area contributed by atoms with Crippen LogP contribution in [0.4, 0.5) is 0 Å². The number of carbonyl (C=O) groups is 1. The second kappa shape index (κ2) is 5.93. The van der Waals surface area contributed by atoms with Crippen LogP contribution in [0, 0.1) is 6.92 Å². The van der Waals surface area contributed by atoms with Gasteiger partial charge in [-0.2, -0.15) is 0 Å². The normalized spacial score (nSPS) is 23.8. The van der Waals surface area contributed by atoms with Crippen molar-refractivity contribution in [2.45, 2.75) is 45.2 Å². The number of hydrogen-bond donors (Lipinski definition) is 1. The molecule has 1 fully saturated rings. The molecule has 1 aromatic rings. The second-order valence-corrected chi connectivity index (χ2v) is 5.65. The van der Waals surface area contributed by atoms with Crippen LogP contribution >= 0.6 is 11.6 Å². The Morgan fingerprint density at radius 3 is 2.84 bits per heavy atom. The highest BCUT2D eigenvalue weighted by Crippen LogP contribution is 2.33. The first-order valence-electron chi connectivity index (χ1n) is 6.85. The Kier molecular flexibility index (Phi) is 4.48. The first-order valence-corrected chi connectivity index (χ1v) is 7.23. The number of nitrogens with zero attached hydrogens (tertiary/aromatic N) is 1. The van der Waals surface area contributed by atoms with Gasteiger partial charge in [-0.15, -0.1) is 0 Å². The van der Waals surface area contributed by atoms with Crippen molar-refractivity contribution in [1.82, 2.24) is 4.90 Å². The summed E-state index contributed by atoms with van der Waals surface area (Å²) in [5.41, 5.74) is 8.34. The Bertz CT molecular complexity index is 475. The average Bonchev–Trinajstić information content (AvgIpc) is 2.38. The number of carbonyl (C=O) groups excluding carboxylic acids is 1. The summed E-state index contributed by atoms with van der Waals surface area (Å²) >= 11 is 6.20. The summed E-state index contributed by atoms with van der Waals surface area (Å²) in [6, 6.07) is 5.92. The van der Waals surface area contributed by atoms with Crippen molar-refractivity contribution in [1.29, 1.82) is 0 Å². The van der Waals surface area contributed by atoms with Crippen LogP contribution in [-0.2, 0) is 4.79 Å². The molecule has 3 nitrogen and oxygen atoms in total. The molecule has 104 valence electrons. The number of piperidine rings is 1. The third kappa shape index (κ3) is 2.93. The van der Waals surface area contributed by atoms with E-state index in [1.807, 2.05) is 30.0 Å². The minimum absolute atomic E-state index is 0.0111. The van der Waals surface area contributed by atoms with E-state index in [4.69, 9.17) is 17.3 Å². The molecule has 0 bridgehead atoms. The number of aryl methyl sites for hydroxylation is 1. The van der Waals surface area contributed by atoms with Crippen molar-refractivity contribution in [2.24, 2.45) is 5.73 Å². The third-order valence-corrected chi connectivity index (χ3v) is 4.16. The summed E-state index contributed by atoms with van der Waals surface area (Å²) in [6.45, 7) is 4.80. The zero-order chi connectivity index (χ0) is 14.0. The molecule has 0 aromatic heterocycles. The number of hydrogen-bond acceptors (Lipinski definition) is 2. The van der Waals surface area contributed by atoms with Crippen LogP contribution in [0.1, 0.15) is 43.4 Å². The molecule has 1 aromatic carbocycles. The van der Waals surface area contributed by atoms with Crippen molar-refractivity contribution in [3.8, 4) is 0 Å². The highest BCUT2D eigenvalue weighted by molar-refractivity contribution is 6.31. The second-order valence-electron chi connectivity index (χ2n) is 5.24. The minimum atomic E-state index is -0.0423. The molecule has 4 heteroatoms. The zero-order valence-corrected chi connectivity index (χ0v) is 12.3. The van der Waals surface area contributed by atoms with Gasteiger partial charge in [0, 0.05) is 24.0 Å². The number of benzene rings is 1. The van der Waals surface area contributed by atoms with Crippen molar-refractivity contribution in [2.75, 3.05) is 6.54 Å². The van der Waals surface area contributed by atoms with Crippen LogP contribution in [0.2, 0.25) is 5.02 Å². The van der Waals surface area contributed by atoms with Crippen LogP contribution in [0.15, 0.2) is 18.2 Å². The molecule has 1 aliphatic rings. The Balaban J connectivity index is 2.36. The molecule has 19 heavy (non-hydrogen) atoms. The minimum Gasteiger partial charge on any atom is -0.334 e. The molecule has 1 aliphatic heterocycles. The maximum Gasteiger partial charge on any atom is 0.223 e. The van der Waals surface area contributed by atoms with Gasteiger partial charge in [0.05, 0.1) is 6.04 Å². The van der Waals surface area contributed by atoms with E-state index < -0.39 is 0 Å². The van der Waals surface area contributed by atoms with Gasteiger partial charge in [0.2, 0.25) is 5.91 Å². The average molecular weight is 281 g/mol. The van der Waals surface area contributed by atoms with E-state index >= 15 is 0 Å². The summed E-state index contributed by atoms with van der Waals surface area (Å²) < 4.78 is 0. The van der Waals surface area contributed by atoms with Gasteiger partial charge < -0.3 is 10.6 Å². The third-order valence-electron chi connectivity index (χ3n) is 3.76. The zero-order valence-electron chi connectivity index (χ0n) is 11.5. The lowest BCUT2D eigenvalue weighted by atomic mass is 9.90. The Morgan fingerprint density at radius 1 is 1.47 bits per heavy atom. The van der Waals surface area contributed by atoms with E-state index in [0.717, 1.165) is 35.5 Å². The quantitative estimate of drug-likeness (QED) is 0.925. The number of rotatable bonds is 3. The van der Waals surface area contributed by atoms with Gasteiger partial charge in [-0.1, -0.05) is 30.7 Å². The number of likely N-dealkylation sites (tertiary alicyclic amines) is 1. The molecule has 0 aliphatic carbocycles. The molecule has 0 spiro atoms. The lowest BCUT2D eigenvalue weighted by molar-refractivity contribution is -0.137. The van der Waals surface area contributed by atoms with Gasteiger partial charge in [-0.05, 0) is 37.0 Å². The highest BCUT2D eigenvalue weighted by Gasteiger charge is 2.34. The molecule has 2 atom stereocenters. The van der Waals surface area contributed by atoms with Crippen LogP contribution in [0.25, 0.3) is 0 Å². The number of nitrogens with two attached hydrogens (primary N) is 1. The molecular weight excluding hydrogens is 260 g/mol. The topological polar surface area (TPSA) is 46.3 Å². The predicted molar refractivity (Wildman–Crippen MR) is 78.1 cm³/mol. The van der Waals surface area contributed by atoms with Crippen LogP contribution in [0.5, 0.6) is 0 Å². The van der Waals surface area contributed by atoms with Gasteiger partial charge in [0.25, 0.3) is 0 Å². The van der Waals surface area contributed by atoms with Crippen molar-refractivity contribution in [3.05, 3.63) is 34.3 Å². The predicted octanol–water partition coefficient (Wildman–Crippen LogP) is 3.05. The van der Waals surface area contributed by atoms with E-state index in [2.05, 4.69) is 6.92 Å². The summed E-state index contributed by atoms with van der Waals surface area (Å²) in [7, 11) is 0. The molecule has 2 unspecified atom stereocenters. The molecule has 1 amide bonds. The van der Waals surface area contributed by atoms with E-state index in [-0.39, 0.29) is 18.0 Å². The fourth-order valence-corrected chi connectivity index (χ4v) is 2.89. The molecule has 2 rings (SSSR count). The standard InChI is InChI=1S/C15H21ClN2O/c1-3-8-18-14(19)7-6-13(17)15(18)11-5-4-10(2)12(16)9-11/h4-5,9,13,15H,3,6-8,17H2,1-2H3. The van der Waals surface area contributed by atoms with Gasteiger partial charge in [0.1, 0.15) is 0 Å². The summed E-state index contributed by atoms with van der Waals surface area (Å²) in [5, 5.41) is 0.735. The SMILES string of the molecule is CCCN1C(=O)CCC(N)C1c1ccc(C)c(Cl)c1. The molecule has 0 saturated carbocycles. The molecular formula is C15H21ClN2O. The highest BCUT2D eigenvalue weighted by atomic mass is 35.5. The van der Waals surface area contributed by atoms with Crippen LogP contribution in [-0.4, -0.2) is 23.4 Å². The van der Waals surface area contributed by atoms with Gasteiger partial charge in [0.15, 0.2) is 0 Å². The van der Waals surface area contributed by atoms with Gasteiger partial charge in [-0.25, -0.2) is 0 Å². The van der Waals surface area contributed by atoms with Gasteiger partial charge in [-0.3, -0.25) is 4.79 Å². The monoisotopic (exact) mass is 280 g/mol. The molecule has 2 N–H and O–H groups in total. The molecule has 0 radical (unpaired) electrons. The molecule has 1 saturated heterocycles. The van der Waals surface area contributed by atoms with E-state index in [0.29, 0.717) is 6.42 Å². The van der Waals surface area contributed by atoms with Gasteiger partial charge >= 0.3 is 0 Å². The van der Waals surface area contributed by atoms with E-state index in [1.54, 1.807) is 0 Å². The van der Waals surface area contributed by atoms with Crippen molar-refractivity contribution >= 4 is 17.5 Å². The number of amides is 1. The fourth-order valence-electron chi connectivity index (χ4n) is 2.70. The lowest BCUT2D eigenvalue weighted by Crippen LogP contribution is -2.49.